The Hall–Kier alpha value is -6.64. The number of aryl methyl sites for hydroxylation is 2. The van der Waals surface area contributed by atoms with Gasteiger partial charge < -0.3 is 9.13 Å². The van der Waals surface area contributed by atoms with Crippen LogP contribution in [0.1, 0.15) is 33.4 Å². The van der Waals surface area contributed by atoms with E-state index in [1.807, 2.05) is 0 Å². The van der Waals surface area contributed by atoms with Crippen LogP contribution in [0.3, 0.4) is 0 Å². The van der Waals surface area contributed by atoms with Crippen molar-refractivity contribution in [1.82, 2.24) is 9.13 Å². The lowest BCUT2D eigenvalue weighted by Crippen LogP contribution is -2.28. The molecule has 0 saturated carbocycles. The second-order valence-corrected chi connectivity index (χ2v) is 14.7. The zero-order chi connectivity index (χ0) is 35.3. The first-order valence-electron chi connectivity index (χ1n) is 18.5. The standard InChI is InChI=1S/C51H36N2/c1-33-21-25-39-40-26-22-34(2)30-46(40)51(45(39)29-33,35-23-27-49-43(31-35)41-17-9-11-19-47(41)52(49)37-13-5-3-6-14-37)36-24-28-50-44(32-36)42-18-10-12-20-48(42)53(50)38-15-7-4-8-16-38/h3-32H,1-2H3. The highest BCUT2D eigenvalue weighted by Crippen LogP contribution is 2.57. The summed E-state index contributed by atoms with van der Waals surface area (Å²) in [6, 6.07) is 67.9. The molecule has 10 aromatic rings. The van der Waals surface area contributed by atoms with Crippen LogP contribution in [0.25, 0.3) is 66.1 Å². The SMILES string of the molecule is Cc1ccc2c(c1)C(c1ccc3c(c1)c1ccccc1n3-c1ccccc1)(c1ccc3c(c1)c1ccccc1n3-c1ccccc1)c1cc(C)ccc1-2. The minimum atomic E-state index is -0.545. The van der Waals surface area contributed by atoms with E-state index in [0.717, 1.165) is 0 Å². The molecule has 0 saturated heterocycles. The van der Waals surface area contributed by atoms with Crippen molar-refractivity contribution < 1.29 is 0 Å². The van der Waals surface area contributed by atoms with E-state index in [0.29, 0.717) is 0 Å². The molecule has 2 heterocycles. The fraction of sp³-hybridized carbons (Fsp3) is 0.0588. The fourth-order valence-corrected chi connectivity index (χ4v) is 9.46. The smallest absolute Gasteiger partial charge is 0.0714 e. The number of fused-ring (bicyclic) bond motifs is 9. The van der Waals surface area contributed by atoms with Crippen LogP contribution in [0.4, 0.5) is 0 Å². The molecule has 0 fully saturated rings. The molecule has 1 aliphatic rings. The Kier molecular flexibility index (Phi) is 6.33. The van der Waals surface area contributed by atoms with Gasteiger partial charge in [0.2, 0.25) is 0 Å². The van der Waals surface area contributed by atoms with Crippen molar-refractivity contribution in [2.75, 3.05) is 0 Å². The molecule has 250 valence electrons. The normalized spacial score (nSPS) is 13.2. The molecule has 0 radical (unpaired) electrons. The van der Waals surface area contributed by atoms with Crippen molar-refractivity contribution in [3.05, 3.63) is 215 Å². The van der Waals surface area contributed by atoms with E-state index in [9.17, 15) is 0 Å². The summed E-state index contributed by atoms with van der Waals surface area (Å²) in [4.78, 5) is 0. The van der Waals surface area contributed by atoms with Gasteiger partial charge in [0.25, 0.3) is 0 Å². The molecule has 0 atom stereocenters. The largest absolute Gasteiger partial charge is 0.309 e. The predicted molar refractivity (Wildman–Crippen MR) is 222 cm³/mol. The van der Waals surface area contributed by atoms with Gasteiger partial charge >= 0.3 is 0 Å². The summed E-state index contributed by atoms with van der Waals surface area (Å²) >= 11 is 0. The Morgan fingerprint density at radius 1 is 0.340 bits per heavy atom. The van der Waals surface area contributed by atoms with Crippen LogP contribution in [0, 0.1) is 13.8 Å². The van der Waals surface area contributed by atoms with Gasteiger partial charge in [0.15, 0.2) is 0 Å². The maximum absolute atomic E-state index is 2.50. The molecule has 0 bridgehead atoms. The Bertz CT molecular complexity index is 2860. The highest BCUT2D eigenvalue weighted by Gasteiger charge is 2.46. The van der Waals surface area contributed by atoms with Crippen LogP contribution in [-0.4, -0.2) is 9.13 Å². The molecule has 0 aliphatic heterocycles. The van der Waals surface area contributed by atoms with Gasteiger partial charge in [-0.05, 0) is 108 Å². The van der Waals surface area contributed by atoms with E-state index in [-0.39, 0.29) is 0 Å². The summed E-state index contributed by atoms with van der Waals surface area (Å²) in [5, 5.41) is 5.05. The van der Waals surface area contributed by atoms with Gasteiger partial charge in [-0.3, -0.25) is 0 Å². The van der Waals surface area contributed by atoms with Gasteiger partial charge in [0.1, 0.15) is 0 Å². The molecule has 2 nitrogen and oxygen atoms in total. The van der Waals surface area contributed by atoms with Crippen molar-refractivity contribution >= 4 is 43.6 Å². The summed E-state index contributed by atoms with van der Waals surface area (Å²) in [6.07, 6.45) is 0. The summed E-state index contributed by atoms with van der Waals surface area (Å²) in [5.41, 5.74) is 17.1. The predicted octanol–water partition coefficient (Wildman–Crippen LogP) is 12.9. The molecular formula is C51H36N2. The molecule has 8 aromatic carbocycles. The number of rotatable bonds is 4. The molecule has 0 unspecified atom stereocenters. The number of para-hydroxylation sites is 4. The van der Waals surface area contributed by atoms with Crippen molar-refractivity contribution in [3.8, 4) is 22.5 Å². The molecule has 2 aromatic heterocycles. The second-order valence-electron chi connectivity index (χ2n) is 14.7. The first-order valence-corrected chi connectivity index (χ1v) is 18.5. The minimum absolute atomic E-state index is 0.545. The van der Waals surface area contributed by atoms with Crippen LogP contribution in [-0.2, 0) is 5.41 Å². The lowest BCUT2D eigenvalue weighted by molar-refractivity contribution is 0.769. The number of benzene rings is 8. The van der Waals surface area contributed by atoms with Gasteiger partial charge in [0, 0.05) is 32.9 Å². The minimum Gasteiger partial charge on any atom is -0.309 e. The average Bonchev–Trinajstić information content (AvgIpc) is 3.81. The molecule has 2 heteroatoms. The number of hydrogen-bond acceptors (Lipinski definition) is 0. The van der Waals surface area contributed by atoms with Crippen LogP contribution in [0.15, 0.2) is 182 Å². The highest BCUT2D eigenvalue weighted by molar-refractivity contribution is 6.11. The lowest BCUT2D eigenvalue weighted by atomic mass is 9.67. The van der Waals surface area contributed by atoms with Gasteiger partial charge in [-0.25, -0.2) is 0 Å². The zero-order valence-electron chi connectivity index (χ0n) is 29.7. The molecule has 11 rings (SSSR count). The van der Waals surface area contributed by atoms with Gasteiger partial charge in [-0.15, -0.1) is 0 Å². The molecule has 0 N–H and O–H groups in total. The number of hydrogen-bond donors (Lipinski definition) is 0. The zero-order valence-corrected chi connectivity index (χ0v) is 29.7. The Balaban J connectivity index is 1.28. The number of nitrogens with zero attached hydrogens (tertiary/aromatic N) is 2. The van der Waals surface area contributed by atoms with E-state index in [2.05, 4.69) is 205 Å². The van der Waals surface area contributed by atoms with E-state index in [1.54, 1.807) is 0 Å². The topological polar surface area (TPSA) is 9.86 Å². The van der Waals surface area contributed by atoms with Crippen LogP contribution >= 0.6 is 0 Å². The molecular weight excluding hydrogens is 641 g/mol. The highest BCUT2D eigenvalue weighted by atomic mass is 15.0. The monoisotopic (exact) mass is 676 g/mol. The second kappa shape index (κ2) is 11.2. The lowest BCUT2D eigenvalue weighted by Gasteiger charge is -2.34. The summed E-state index contributed by atoms with van der Waals surface area (Å²) < 4.78 is 4.83. The molecule has 0 spiro atoms. The van der Waals surface area contributed by atoms with Crippen molar-refractivity contribution in [1.29, 1.82) is 0 Å². The van der Waals surface area contributed by atoms with Gasteiger partial charge in [-0.2, -0.15) is 0 Å². The van der Waals surface area contributed by atoms with Gasteiger partial charge in [0.05, 0.1) is 27.5 Å². The van der Waals surface area contributed by atoms with E-state index in [1.165, 1.54) is 99.5 Å². The van der Waals surface area contributed by atoms with E-state index >= 15 is 0 Å². The Morgan fingerprint density at radius 3 is 1.19 bits per heavy atom. The quantitative estimate of drug-likeness (QED) is 0.176. The maximum Gasteiger partial charge on any atom is 0.0714 e. The molecule has 0 amide bonds. The third-order valence-corrected chi connectivity index (χ3v) is 11.7. The van der Waals surface area contributed by atoms with Crippen LogP contribution in [0.5, 0.6) is 0 Å². The average molecular weight is 677 g/mol. The Morgan fingerprint density at radius 2 is 0.736 bits per heavy atom. The van der Waals surface area contributed by atoms with Crippen molar-refractivity contribution in [3.63, 3.8) is 0 Å². The summed E-state index contributed by atoms with van der Waals surface area (Å²) in [6.45, 7) is 4.46. The van der Waals surface area contributed by atoms with Crippen LogP contribution in [0.2, 0.25) is 0 Å². The Labute approximate surface area is 308 Å². The fourth-order valence-electron chi connectivity index (χ4n) is 9.46. The van der Waals surface area contributed by atoms with Crippen molar-refractivity contribution in [2.45, 2.75) is 19.3 Å². The van der Waals surface area contributed by atoms with Crippen molar-refractivity contribution in [2.24, 2.45) is 0 Å². The van der Waals surface area contributed by atoms with E-state index < -0.39 is 5.41 Å². The summed E-state index contributed by atoms with van der Waals surface area (Å²) in [7, 11) is 0. The third-order valence-electron chi connectivity index (χ3n) is 11.7. The molecule has 53 heavy (non-hydrogen) atoms. The van der Waals surface area contributed by atoms with E-state index in [4.69, 9.17) is 0 Å². The first-order chi connectivity index (χ1) is 26.1. The number of aromatic nitrogens is 2. The maximum atomic E-state index is 2.50. The first kappa shape index (κ1) is 30.0. The summed E-state index contributed by atoms with van der Waals surface area (Å²) in [5.74, 6) is 0. The van der Waals surface area contributed by atoms with Crippen LogP contribution < -0.4 is 0 Å². The van der Waals surface area contributed by atoms with Gasteiger partial charge in [-0.1, -0.05) is 132 Å². The third kappa shape index (κ3) is 4.15. The molecule has 1 aliphatic carbocycles.